The fourth-order valence-corrected chi connectivity index (χ4v) is 3.96. The van der Waals surface area contributed by atoms with Crippen LogP contribution in [0.3, 0.4) is 0 Å². The molecule has 1 fully saturated rings. The van der Waals surface area contributed by atoms with Crippen LogP contribution in [0.25, 0.3) is 0 Å². The summed E-state index contributed by atoms with van der Waals surface area (Å²) in [5.41, 5.74) is 0.300. The lowest BCUT2D eigenvalue weighted by molar-refractivity contribution is 0.0600. The summed E-state index contributed by atoms with van der Waals surface area (Å²) in [6.07, 6.45) is 2.64. The number of hydrogen-bond donors (Lipinski definition) is 1. The van der Waals surface area contributed by atoms with Crippen LogP contribution in [0.4, 0.5) is 0 Å². The van der Waals surface area contributed by atoms with Gasteiger partial charge < -0.3 is 9.84 Å². The molecule has 1 aromatic rings. The molecule has 0 atom stereocenters. The molecular formula is C14H19NO5S. The first kappa shape index (κ1) is 15.9. The molecule has 0 spiro atoms. The summed E-state index contributed by atoms with van der Waals surface area (Å²) in [7, 11) is -2.38. The molecule has 1 aromatic carbocycles. The first-order valence-electron chi connectivity index (χ1n) is 6.82. The van der Waals surface area contributed by atoms with Crippen molar-refractivity contribution in [2.24, 2.45) is 0 Å². The van der Waals surface area contributed by atoms with Crippen LogP contribution in [0.2, 0.25) is 0 Å². The fourth-order valence-electron chi connectivity index (χ4n) is 2.29. The number of aliphatic hydroxyl groups excluding tert-OH is 1. The first-order chi connectivity index (χ1) is 10.0. The molecular weight excluding hydrogens is 294 g/mol. The number of nitrogens with zero attached hydrogens (tertiary/aromatic N) is 1. The number of carbonyl (C=O) groups is 1. The van der Waals surface area contributed by atoms with E-state index >= 15 is 0 Å². The van der Waals surface area contributed by atoms with Crippen molar-refractivity contribution in [2.75, 3.05) is 20.3 Å². The summed E-state index contributed by atoms with van der Waals surface area (Å²) in [6.45, 7) is -0.123. The Bertz CT molecular complexity index is 592. The molecule has 2 rings (SSSR count). The van der Waals surface area contributed by atoms with Gasteiger partial charge in [-0.15, -0.1) is 0 Å². The van der Waals surface area contributed by atoms with E-state index in [1.807, 2.05) is 0 Å². The molecule has 0 radical (unpaired) electrons. The van der Waals surface area contributed by atoms with Crippen molar-refractivity contribution in [1.82, 2.24) is 4.31 Å². The molecule has 7 heteroatoms. The van der Waals surface area contributed by atoms with Crippen molar-refractivity contribution in [3.63, 3.8) is 0 Å². The maximum absolute atomic E-state index is 12.6. The van der Waals surface area contributed by atoms with E-state index in [-0.39, 0.29) is 24.1 Å². The van der Waals surface area contributed by atoms with Gasteiger partial charge in [0, 0.05) is 12.6 Å². The Balaban J connectivity index is 2.26. The zero-order valence-electron chi connectivity index (χ0n) is 11.9. The van der Waals surface area contributed by atoms with Crippen LogP contribution in [0.5, 0.6) is 0 Å². The minimum Gasteiger partial charge on any atom is -0.465 e. The molecule has 0 unspecified atom stereocenters. The molecule has 1 aliphatic carbocycles. The second-order valence-electron chi connectivity index (χ2n) is 4.94. The highest BCUT2D eigenvalue weighted by molar-refractivity contribution is 7.89. The third kappa shape index (κ3) is 3.25. The van der Waals surface area contributed by atoms with E-state index in [1.165, 1.54) is 35.7 Å². The van der Waals surface area contributed by atoms with Gasteiger partial charge in [-0.25, -0.2) is 13.2 Å². The van der Waals surface area contributed by atoms with Crippen molar-refractivity contribution in [3.8, 4) is 0 Å². The number of methoxy groups -OCH3 is 1. The average molecular weight is 313 g/mol. The predicted molar refractivity (Wildman–Crippen MR) is 76.4 cm³/mol. The SMILES string of the molecule is COC(=O)c1ccc(S(=O)(=O)N(CCO)C2CCC2)cc1. The number of rotatable bonds is 6. The highest BCUT2D eigenvalue weighted by Crippen LogP contribution is 2.29. The van der Waals surface area contributed by atoms with Crippen LogP contribution in [0.15, 0.2) is 29.2 Å². The molecule has 0 bridgehead atoms. The lowest BCUT2D eigenvalue weighted by atomic mass is 9.93. The van der Waals surface area contributed by atoms with Crippen molar-refractivity contribution in [2.45, 2.75) is 30.2 Å². The minimum absolute atomic E-state index is 0.0394. The first-order valence-corrected chi connectivity index (χ1v) is 8.26. The average Bonchev–Trinajstić information content (AvgIpc) is 2.44. The van der Waals surface area contributed by atoms with Gasteiger partial charge in [0.2, 0.25) is 10.0 Å². The number of ether oxygens (including phenoxy) is 1. The van der Waals surface area contributed by atoms with Crippen molar-refractivity contribution >= 4 is 16.0 Å². The zero-order valence-corrected chi connectivity index (χ0v) is 12.7. The highest BCUT2D eigenvalue weighted by Gasteiger charge is 2.34. The van der Waals surface area contributed by atoms with E-state index in [0.717, 1.165) is 19.3 Å². The Hall–Kier alpha value is -1.44. The van der Waals surface area contributed by atoms with Crippen molar-refractivity contribution < 1.29 is 23.1 Å². The Morgan fingerprint density at radius 3 is 2.38 bits per heavy atom. The van der Waals surface area contributed by atoms with Gasteiger partial charge in [0.15, 0.2) is 0 Å². The fraction of sp³-hybridized carbons (Fsp3) is 0.500. The molecule has 0 saturated heterocycles. The molecule has 6 nitrogen and oxygen atoms in total. The van der Waals surface area contributed by atoms with Gasteiger partial charge in [-0.3, -0.25) is 0 Å². The Kier molecular flexibility index (Phi) is 4.97. The normalized spacial score (nSPS) is 15.8. The smallest absolute Gasteiger partial charge is 0.337 e. The molecule has 0 aliphatic heterocycles. The predicted octanol–water partition coefficient (Wildman–Crippen LogP) is 1.01. The van der Waals surface area contributed by atoms with Gasteiger partial charge in [-0.05, 0) is 37.1 Å². The quantitative estimate of drug-likeness (QED) is 0.792. The standard InChI is InChI=1S/C14H19NO5S/c1-20-14(17)11-5-7-13(8-6-11)21(18,19)15(9-10-16)12-3-2-4-12/h5-8,12,16H,2-4,9-10H2,1H3. The molecule has 0 aromatic heterocycles. The molecule has 0 amide bonds. The zero-order chi connectivity index (χ0) is 15.5. The van der Waals surface area contributed by atoms with Crippen LogP contribution in [0, 0.1) is 0 Å². The number of esters is 1. The Labute approximate surface area is 124 Å². The van der Waals surface area contributed by atoms with Gasteiger partial charge in [0.1, 0.15) is 0 Å². The number of benzene rings is 1. The Morgan fingerprint density at radius 2 is 1.95 bits per heavy atom. The van der Waals surface area contributed by atoms with Gasteiger partial charge in [-0.2, -0.15) is 4.31 Å². The molecule has 21 heavy (non-hydrogen) atoms. The Morgan fingerprint density at radius 1 is 1.33 bits per heavy atom. The van der Waals surface area contributed by atoms with Crippen LogP contribution < -0.4 is 0 Å². The van der Waals surface area contributed by atoms with E-state index in [9.17, 15) is 13.2 Å². The van der Waals surface area contributed by atoms with Crippen LogP contribution >= 0.6 is 0 Å². The summed E-state index contributed by atoms with van der Waals surface area (Å²) in [5.74, 6) is -0.509. The van der Waals surface area contributed by atoms with E-state index < -0.39 is 16.0 Å². The van der Waals surface area contributed by atoms with Gasteiger partial charge in [0.05, 0.1) is 24.2 Å². The number of hydrogen-bond acceptors (Lipinski definition) is 5. The number of carbonyl (C=O) groups excluding carboxylic acids is 1. The van der Waals surface area contributed by atoms with Gasteiger partial charge in [0.25, 0.3) is 0 Å². The molecule has 1 saturated carbocycles. The summed E-state index contributed by atoms with van der Waals surface area (Å²) in [4.78, 5) is 11.5. The van der Waals surface area contributed by atoms with E-state index in [1.54, 1.807) is 0 Å². The summed E-state index contributed by atoms with van der Waals surface area (Å²) in [5, 5.41) is 9.10. The maximum atomic E-state index is 12.6. The topological polar surface area (TPSA) is 83.9 Å². The molecule has 1 aliphatic rings. The third-order valence-electron chi connectivity index (χ3n) is 3.68. The lowest BCUT2D eigenvalue weighted by Gasteiger charge is -2.36. The largest absolute Gasteiger partial charge is 0.465 e. The van der Waals surface area contributed by atoms with Crippen molar-refractivity contribution in [1.29, 1.82) is 0 Å². The molecule has 1 N–H and O–H groups in total. The second kappa shape index (κ2) is 6.55. The highest BCUT2D eigenvalue weighted by atomic mass is 32.2. The van der Waals surface area contributed by atoms with Gasteiger partial charge >= 0.3 is 5.97 Å². The monoisotopic (exact) mass is 313 g/mol. The van der Waals surface area contributed by atoms with Crippen LogP contribution in [-0.4, -0.2) is 50.1 Å². The molecule has 116 valence electrons. The van der Waals surface area contributed by atoms with Crippen LogP contribution in [0.1, 0.15) is 29.6 Å². The van der Waals surface area contributed by atoms with Crippen LogP contribution in [-0.2, 0) is 14.8 Å². The summed E-state index contributed by atoms with van der Waals surface area (Å²) < 4.78 is 31.1. The van der Waals surface area contributed by atoms with E-state index in [4.69, 9.17) is 5.11 Å². The van der Waals surface area contributed by atoms with Gasteiger partial charge in [-0.1, -0.05) is 6.42 Å². The number of aliphatic hydroxyl groups is 1. The number of sulfonamides is 1. The lowest BCUT2D eigenvalue weighted by Crippen LogP contribution is -2.45. The third-order valence-corrected chi connectivity index (χ3v) is 5.65. The second-order valence-corrected chi connectivity index (χ2v) is 6.83. The molecule has 0 heterocycles. The summed E-state index contributed by atoms with van der Waals surface area (Å²) >= 11 is 0. The van der Waals surface area contributed by atoms with E-state index in [2.05, 4.69) is 4.74 Å². The minimum atomic E-state index is -3.65. The van der Waals surface area contributed by atoms with Crippen molar-refractivity contribution in [3.05, 3.63) is 29.8 Å². The summed E-state index contributed by atoms with van der Waals surface area (Å²) in [6, 6.07) is 5.60. The maximum Gasteiger partial charge on any atom is 0.337 e. The van der Waals surface area contributed by atoms with E-state index in [0.29, 0.717) is 5.56 Å².